The minimum atomic E-state index is -0.553. The molecule has 1 N–H and O–H groups in total. The van der Waals surface area contributed by atoms with Gasteiger partial charge in [0.25, 0.3) is 0 Å². The lowest BCUT2D eigenvalue weighted by atomic mass is 10.1. The number of rotatable bonds is 37. The normalized spacial score (nSPS) is 13.1. The van der Waals surface area contributed by atoms with Gasteiger partial charge in [-0.25, -0.2) is 0 Å². The minimum absolute atomic E-state index is 0.187. The van der Waals surface area contributed by atoms with E-state index in [1.807, 2.05) is 0 Å². The molecule has 0 aromatic carbocycles. The van der Waals surface area contributed by atoms with Crippen LogP contribution in [0, 0.1) is 0 Å². The van der Waals surface area contributed by atoms with E-state index in [0.717, 1.165) is 64.2 Å². The fraction of sp³-hybridized carbons (Fsp3) is 0.711. The second kappa shape index (κ2) is 42.0. The Labute approximate surface area is 304 Å². The molecule has 0 saturated heterocycles. The maximum absolute atomic E-state index is 12.2. The van der Waals surface area contributed by atoms with Crippen LogP contribution in [0.25, 0.3) is 0 Å². The van der Waals surface area contributed by atoms with Crippen LogP contribution in [0.3, 0.4) is 0 Å². The number of hydrogen-bond acceptors (Lipinski definition) is 4. The highest BCUT2D eigenvalue weighted by Crippen LogP contribution is 2.12. The van der Waals surface area contributed by atoms with Crippen LogP contribution in [0.15, 0.2) is 72.9 Å². The van der Waals surface area contributed by atoms with Crippen molar-refractivity contribution in [3.05, 3.63) is 72.9 Å². The standard InChI is InChI=1S/C45H78O4/c1-3-5-7-9-11-13-15-17-19-21-22-23-25-27-29-31-33-35-37-39-41-48-43-44(42-46)49-45(47)40-38-36-34-32-30-28-26-24-20-18-16-14-12-10-8-6-4-2/h5,7,11,13,17-20,22-23,27,29,44,46H,3-4,6,8-10,12,14-16,21,24-26,28,30-43H2,1-2H3/b7-5-,13-11-,19-17-,20-18-,23-22-,29-27-. The smallest absolute Gasteiger partial charge is 0.306 e. The molecule has 4 heteroatoms. The van der Waals surface area contributed by atoms with Crippen molar-refractivity contribution in [2.24, 2.45) is 0 Å². The number of ether oxygens (including phenoxy) is 2. The number of allylic oxidation sites excluding steroid dienone is 12. The van der Waals surface area contributed by atoms with Crippen LogP contribution in [0.1, 0.15) is 181 Å². The average molecular weight is 683 g/mol. The van der Waals surface area contributed by atoms with E-state index < -0.39 is 6.10 Å². The molecule has 0 spiro atoms. The van der Waals surface area contributed by atoms with Crippen molar-refractivity contribution in [3.8, 4) is 0 Å². The Hall–Kier alpha value is -2.17. The molecule has 282 valence electrons. The summed E-state index contributed by atoms with van der Waals surface area (Å²) in [4.78, 5) is 12.2. The van der Waals surface area contributed by atoms with Crippen LogP contribution >= 0.6 is 0 Å². The van der Waals surface area contributed by atoms with E-state index >= 15 is 0 Å². The Morgan fingerprint density at radius 1 is 0.510 bits per heavy atom. The summed E-state index contributed by atoms with van der Waals surface area (Å²) < 4.78 is 11.1. The third kappa shape index (κ3) is 40.1. The molecule has 0 aliphatic heterocycles. The SMILES string of the molecule is CC/C=C\C/C=C\C/C=C\C/C=C\C/C=C\CCCCCCOCC(CO)OC(=O)CCCCCCCCC/C=C\CCCCCCCC. The molecular formula is C45H78O4. The fourth-order valence-electron chi connectivity index (χ4n) is 5.47. The maximum atomic E-state index is 12.2. The monoisotopic (exact) mass is 683 g/mol. The van der Waals surface area contributed by atoms with Crippen LogP contribution < -0.4 is 0 Å². The van der Waals surface area contributed by atoms with E-state index in [2.05, 4.69) is 86.8 Å². The van der Waals surface area contributed by atoms with Gasteiger partial charge in [0, 0.05) is 13.0 Å². The van der Waals surface area contributed by atoms with Gasteiger partial charge in [-0.15, -0.1) is 0 Å². The number of carbonyl (C=O) groups excluding carboxylic acids is 1. The summed E-state index contributed by atoms with van der Waals surface area (Å²) in [6, 6.07) is 0. The predicted octanol–water partition coefficient (Wildman–Crippen LogP) is 13.4. The lowest BCUT2D eigenvalue weighted by Crippen LogP contribution is -2.27. The van der Waals surface area contributed by atoms with Gasteiger partial charge in [-0.1, -0.05) is 164 Å². The van der Waals surface area contributed by atoms with E-state index in [9.17, 15) is 9.90 Å². The molecule has 0 amide bonds. The fourth-order valence-corrected chi connectivity index (χ4v) is 5.47. The molecule has 0 aromatic heterocycles. The number of hydrogen-bond donors (Lipinski definition) is 1. The summed E-state index contributed by atoms with van der Waals surface area (Å²) in [5.41, 5.74) is 0. The zero-order valence-electron chi connectivity index (χ0n) is 32.2. The van der Waals surface area contributed by atoms with Crippen LogP contribution in [0.2, 0.25) is 0 Å². The third-order valence-corrected chi connectivity index (χ3v) is 8.52. The molecule has 0 bridgehead atoms. The first-order valence-electron chi connectivity index (χ1n) is 20.5. The molecule has 4 nitrogen and oxygen atoms in total. The zero-order chi connectivity index (χ0) is 35.6. The van der Waals surface area contributed by atoms with E-state index in [-0.39, 0.29) is 19.2 Å². The van der Waals surface area contributed by atoms with Gasteiger partial charge in [-0.2, -0.15) is 0 Å². The van der Waals surface area contributed by atoms with Crippen LogP contribution in [0.5, 0.6) is 0 Å². The first-order chi connectivity index (χ1) is 24.2. The zero-order valence-corrected chi connectivity index (χ0v) is 32.2. The second-order valence-electron chi connectivity index (χ2n) is 13.3. The molecule has 49 heavy (non-hydrogen) atoms. The molecular weight excluding hydrogens is 604 g/mol. The predicted molar refractivity (Wildman–Crippen MR) is 214 cm³/mol. The van der Waals surface area contributed by atoms with Gasteiger partial charge >= 0.3 is 5.97 Å². The van der Waals surface area contributed by atoms with E-state index in [1.165, 1.54) is 96.3 Å². The highest BCUT2D eigenvalue weighted by atomic mass is 16.6. The molecule has 0 aromatic rings. The number of aliphatic hydroxyl groups excluding tert-OH is 1. The van der Waals surface area contributed by atoms with Gasteiger partial charge < -0.3 is 14.6 Å². The number of carbonyl (C=O) groups is 1. The van der Waals surface area contributed by atoms with Crippen molar-refractivity contribution in [3.63, 3.8) is 0 Å². The summed E-state index contributed by atoms with van der Waals surface area (Å²) >= 11 is 0. The second-order valence-corrected chi connectivity index (χ2v) is 13.3. The van der Waals surface area contributed by atoms with Gasteiger partial charge in [0.2, 0.25) is 0 Å². The summed E-state index contributed by atoms with van der Waals surface area (Å²) in [6.07, 6.45) is 56.7. The Morgan fingerprint density at radius 2 is 0.918 bits per heavy atom. The Kier molecular flexibility index (Phi) is 40.1. The molecule has 0 radical (unpaired) electrons. The first-order valence-corrected chi connectivity index (χ1v) is 20.5. The van der Waals surface area contributed by atoms with Gasteiger partial charge in [-0.3, -0.25) is 4.79 Å². The van der Waals surface area contributed by atoms with Crippen molar-refractivity contribution in [1.82, 2.24) is 0 Å². The van der Waals surface area contributed by atoms with Crippen LogP contribution in [-0.2, 0) is 14.3 Å². The topological polar surface area (TPSA) is 55.8 Å². The van der Waals surface area contributed by atoms with Crippen molar-refractivity contribution in [1.29, 1.82) is 0 Å². The minimum Gasteiger partial charge on any atom is -0.457 e. The summed E-state index contributed by atoms with van der Waals surface area (Å²) in [6.45, 7) is 5.16. The van der Waals surface area contributed by atoms with Gasteiger partial charge in [0.1, 0.15) is 6.10 Å². The quantitative estimate of drug-likeness (QED) is 0.0402. The van der Waals surface area contributed by atoms with Crippen molar-refractivity contribution in [2.75, 3.05) is 19.8 Å². The summed E-state index contributed by atoms with van der Waals surface area (Å²) in [7, 11) is 0. The van der Waals surface area contributed by atoms with Gasteiger partial charge in [0.05, 0.1) is 13.2 Å². The lowest BCUT2D eigenvalue weighted by Gasteiger charge is -2.15. The van der Waals surface area contributed by atoms with Crippen molar-refractivity contribution >= 4 is 5.97 Å². The van der Waals surface area contributed by atoms with Crippen LogP contribution in [0.4, 0.5) is 0 Å². The van der Waals surface area contributed by atoms with Gasteiger partial charge in [0.15, 0.2) is 0 Å². The van der Waals surface area contributed by atoms with E-state index in [4.69, 9.17) is 9.47 Å². The lowest BCUT2D eigenvalue weighted by molar-refractivity contribution is -0.154. The molecule has 1 atom stereocenters. The molecule has 0 aliphatic carbocycles. The Morgan fingerprint density at radius 3 is 1.41 bits per heavy atom. The molecule has 0 aliphatic rings. The van der Waals surface area contributed by atoms with E-state index in [0.29, 0.717) is 13.0 Å². The molecule has 0 saturated carbocycles. The molecule has 0 fully saturated rings. The van der Waals surface area contributed by atoms with Gasteiger partial charge in [-0.05, 0) is 83.5 Å². The Balaban J connectivity index is 3.53. The highest BCUT2D eigenvalue weighted by Gasteiger charge is 2.13. The molecule has 0 rings (SSSR count). The van der Waals surface area contributed by atoms with Crippen LogP contribution in [-0.4, -0.2) is 37.0 Å². The van der Waals surface area contributed by atoms with Crippen molar-refractivity contribution in [2.45, 2.75) is 187 Å². The summed E-state index contributed by atoms with van der Waals surface area (Å²) in [5, 5.41) is 9.59. The van der Waals surface area contributed by atoms with E-state index in [1.54, 1.807) is 0 Å². The largest absolute Gasteiger partial charge is 0.457 e. The molecule has 0 heterocycles. The number of esters is 1. The maximum Gasteiger partial charge on any atom is 0.306 e. The highest BCUT2D eigenvalue weighted by molar-refractivity contribution is 5.69. The van der Waals surface area contributed by atoms with Crippen molar-refractivity contribution < 1.29 is 19.4 Å². The first kappa shape index (κ1) is 46.8. The third-order valence-electron chi connectivity index (χ3n) is 8.52. The summed E-state index contributed by atoms with van der Waals surface area (Å²) in [5.74, 6) is -0.217. The number of unbranched alkanes of at least 4 members (excludes halogenated alkanes) is 17. The number of aliphatic hydroxyl groups is 1. The molecule has 1 unspecified atom stereocenters. The Bertz CT molecular complexity index is 850. The average Bonchev–Trinajstić information content (AvgIpc) is 3.11.